The molecule has 0 N–H and O–H groups in total. The molecule has 0 heterocycles. The lowest BCUT2D eigenvalue weighted by Gasteiger charge is -2.30. The van der Waals surface area contributed by atoms with Gasteiger partial charge in [-0.2, -0.15) is 0 Å². The van der Waals surface area contributed by atoms with Crippen LogP contribution in [0.25, 0.3) is 11.1 Å². The minimum absolute atomic E-state index is 0.108. The van der Waals surface area contributed by atoms with Crippen LogP contribution in [0.1, 0.15) is 65.5 Å². The Bertz CT molecular complexity index is 683. The molecule has 0 saturated carbocycles. The molecule has 0 unspecified atom stereocenters. The summed E-state index contributed by atoms with van der Waals surface area (Å²) in [5, 5.41) is 0. The Hall–Kier alpha value is -1.83. The van der Waals surface area contributed by atoms with Crippen molar-refractivity contribution in [3.05, 3.63) is 53.3 Å². The smallest absolute Gasteiger partial charge is 0.131 e. The second kappa shape index (κ2) is 9.03. The molecule has 1 atom stereocenters. The fourth-order valence-corrected chi connectivity index (χ4v) is 2.74. The van der Waals surface area contributed by atoms with E-state index in [4.69, 9.17) is 4.74 Å². The highest BCUT2D eigenvalue weighted by Crippen LogP contribution is 2.41. The molecule has 2 rings (SSSR count). The number of ether oxygens (including phenoxy) is 1. The van der Waals surface area contributed by atoms with Gasteiger partial charge in [0.05, 0.1) is 7.11 Å². The summed E-state index contributed by atoms with van der Waals surface area (Å²) >= 11 is 0. The van der Waals surface area contributed by atoms with Crippen LogP contribution in [0, 0.1) is 11.2 Å². The van der Waals surface area contributed by atoms with E-state index in [9.17, 15) is 4.39 Å². The monoisotopic (exact) mass is 344 g/mol. The second-order valence-electron chi connectivity index (χ2n) is 7.21. The maximum atomic E-state index is 14.5. The van der Waals surface area contributed by atoms with Gasteiger partial charge in [0.25, 0.3) is 0 Å². The summed E-state index contributed by atoms with van der Waals surface area (Å²) in [5.41, 5.74) is 4.16. The quantitative estimate of drug-likeness (QED) is 0.568. The Labute approximate surface area is 153 Å². The van der Waals surface area contributed by atoms with Gasteiger partial charge < -0.3 is 4.74 Å². The van der Waals surface area contributed by atoms with Crippen molar-refractivity contribution in [3.8, 4) is 16.9 Å². The molecule has 2 aromatic rings. The second-order valence-corrected chi connectivity index (χ2v) is 7.21. The molecule has 25 heavy (non-hydrogen) atoms. The predicted octanol–water partition coefficient (Wildman–Crippen LogP) is 7.24. The van der Waals surface area contributed by atoms with E-state index >= 15 is 0 Å². The zero-order chi connectivity index (χ0) is 19.2. The first-order chi connectivity index (χ1) is 11.8. The van der Waals surface area contributed by atoms with E-state index in [0.29, 0.717) is 17.2 Å². The molecule has 1 nitrogen and oxygen atoms in total. The summed E-state index contributed by atoms with van der Waals surface area (Å²) in [4.78, 5) is 0. The van der Waals surface area contributed by atoms with Crippen molar-refractivity contribution >= 4 is 0 Å². The Balaban J connectivity index is 0.00000151. The van der Waals surface area contributed by atoms with Gasteiger partial charge >= 0.3 is 0 Å². The third-order valence-electron chi connectivity index (χ3n) is 4.75. The van der Waals surface area contributed by atoms with Crippen LogP contribution < -0.4 is 4.74 Å². The van der Waals surface area contributed by atoms with Crippen LogP contribution in [0.5, 0.6) is 5.75 Å². The lowest BCUT2D eigenvalue weighted by Crippen LogP contribution is -2.16. The molecule has 0 aliphatic rings. The number of hydrogen-bond acceptors (Lipinski definition) is 1. The lowest BCUT2D eigenvalue weighted by atomic mass is 9.75. The molecular formula is C23H33FO. The summed E-state index contributed by atoms with van der Waals surface area (Å²) in [6, 6.07) is 11.3. The molecule has 0 spiro atoms. The van der Waals surface area contributed by atoms with Crippen LogP contribution in [0.4, 0.5) is 4.39 Å². The van der Waals surface area contributed by atoms with Gasteiger partial charge in [0.1, 0.15) is 11.6 Å². The highest BCUT2D eigenvalue weighted by molar-refractivity contribution is 5.70. The molecule has 0 saturated heterocycles. The summed E-state index contributed by atoms with van der Waals surface area (Å²) in [6.45, 7) is 15.0. The zero-order valence-corrected chi connectivity index (χ0v) is 17.0. The third-order valence-corrected chi connectivity index (χ3v) is 4.75. The van der Waals surface area contributed by atoms with Crippen molar-refractivity contribution in [2.75, 3.05) is 7.11 Å². The molecule has 0 aliphatic carbocycles. The van der Waals surface area contributed by atoms with Crippen molar-refractivity contribution in [2.45, 2.75) is 60.8 Å². The number of benzene rings is 2. The molecule has 0 aromatic heterocycles. The molecule has 0 fully saturated rings. The van der Waals surface area contributed by atoms with Crippen molar-refractivity contribution < 1.29 is 9.13 Å². The largest absolute Gasteiger partial charge is 0.497 e. The maximum Gasteiger partial charge on any atom is 0.131 e. The fourth-order valence-electron chi connectivity index (χ4n) is 2.74. The average molecular weight is 345 g/mol. The van der Waals surface area contributed by atoms with Crippen LogP contribution in [0.15, 0.2) is 36.4 Å². The van der Waals surface area contributed by atoms with E-state index < -0.39 is 0 Å². The van der Waals surface area contributed by atoms with Crippen LogP contribution >= 0.6 is 0 Å². The topological polar surface area (TPSA) is 9.23 Å². The normalized spacial score (nSPS) is 12.2. The van der Waals surface area contributed by atoms with Crippen molar-refractivity contribution in [1.29, 1.82) is 0 Å². The van der Waals surface area contributed by atoms with Crippen molar-refractivity contribution in [3.63, 3.8) is 0 Å². The van der Waals surface area contributed by atoms with Gasteiger partial charge in [-0.05, 0) is 52.6 Å². The molecule has 0 aliphatic heterocycles. The minimum Gasteiger partial charge on any atom is -0.497 e. The SMILES string of the molecule is CC.CCc1ccc(-c2cc(OC)ccc2F)c([C@@H](C)C(C)(C)C)c1. The minimum atomic E-state index is -0.211. The third kappa shape index (κ3) is 5.07. The van der Waals surface area contributed by atoms with Gasteiger partial charge in [-0.1, -0.05) is 66.7 Å². The number of hydrogen-bond donors (Lipinski definition) is 0. The standard InChI is InChI=1S/C21H27FO.C2H6/c1-7-15-8-10-17(18(12-15)14(2)21(3,4)5)19-13-16(23-6)9-11-20(19)22;1-2/h8-14H,7H2,1-6H3;1-2H3/t14-;/m1./s1. The summed E-state index contributed by atoms with van der Waals surface area (Å²) in [5.74, 6) is 0.780. The molecule has 138 valence electrons. The van der Waals surface area contributed by atoms with E-state index in [1.807, 2.05) is 19.9 Å². The van der Waals surface area contributed by atoms with E-state index in [2.05, 4.69) is 46.8 Å². The Morgan fingerprint density at radius 3 is 2.16 bits per heavy atom. The van der Waals surface area contributed by atoms with E-state index in [0.717, 1.165) is 12.0 Å². The van der Waals surface area contributed by atoms with Crippen LogP contribution in [-0.2, 0) is 6.42 Å². The van der Waals surface area contributed by atoms with Crippen LogP contribution in [0.2, 0.25) is 0 Å². The predicted molar refractivity (Wildman–Crippen MR) is 107 cm³/mol. The number of aryl methyl sites for hydroxylation is 1. The number of methoxy groups -OCH3 is 1. The molecule has 0 radical (unpaired) electrons. The van der Waals surface area contributed by atoms with E-state index in [1.54, 1.807) is 19.2 Å². The summed E-state index contributed by atoms with van der Waals surface area (Å²) < 4.78 is 19.7. The van der Waals surface area contributed by atoms with Gasteiger partial charge in [0.15, 0.2) is 0 Å². The first-order valence-electron chi connectivity index (χ1n) is 9.24. The highest BCUT2D eigenvalue weighted by atomic mass is 19.1. The van der Waals surface area contributed by atoms with Gasteiger partial charge in [0.2, 0.25) is 0 Å². The number of halogens is 1. The highest BCUT2D eigenvalue weighted by Gasteiger charge is 2.25. The van der Waals surface area contributed by atoms with E-state index in [-0.39, 0.29) is 11.2 Å². The van der Waals surface area contributed by atoms with Gasteiger partial charge in [-0.3, -0.25) is 0 Å². The number of rotatable bonds is 4. The first kappa shape index (κ1) is 21.2. The van der Waals surface area contributed by atoms with E-state index in [1.165, 1.54) is 17.2 Å². The van der Waals surface area contributed by atoms with Gasteiger partial charge in [-0.15, -0.1) is 0 Å². The fraction of sp³-hybridized carbons (Fsp3) is 0.478. The Kier molecular flexibility index (Phi) is 7.66. The molecule has 0 amide bonds. The van der Waals surface area contributed by atoms with Crippen molar-refractivity contribution in [2.24, 2.45) is 5.41 Å². The van der Waals surface area contributed by atoms with Crippen LogP contribution in [0.3, 0.4) is 0 Å². The molecule has 0 bridgehead atoms. The van der Waals surface area contributed by atoms with Gasteiger partial charge in [0, 0.05) is 5.56 Å². The molecular weight excluding hydrogens is 311 g/mol. The van der Waals surface area contributed by atoms with Gasteiger partial charge in [-0.25, -0.2) is 4.39 Å². The molecule has 2 heteroatoms. The summed E-state index contributed by atoms with van der Waals surface area (Å²) in [7, 11) is 1.61. The average Bonchev–Trinajstić information content (AvgIpc) is 2.62. The lowest BCUT2D eigenvalue weighted by molar-refractivity contribution is 0.340. The zero-order valence-electron chi connectivity index (χ0n) is 17.0. The van der Waals surface area contributed by atoms with Crippen LogP contribution in [-0.4, -0.2) is 7.11 Å². The molecule has 2 aromatic carbocycles. The Morgan fingerprint density at radius 2 is 1.64 bits per heavy atom. The summed E-state index contributed by atoms with van der Waals surface area (Å²) in [6.07, 6.45) is 0.977. The Morgan fingerprint density at radius 1 is 1.00 bits per heavy atom. The van der Waals surface area contributed by atoms with Crippen molar-refractivity contribution in [1.82, 2.24) is 0 Å². The first-order valence-corrected chi connectivity index (χ1v) is 9.24. The maximum absolute atomic E-state index is 14.5.